The van der Waals surface area contributed by atoms with Gasteiger partial charge in [0, 0.05) is 6.04 Å². The molecule has 0 aromatic carbocycles. The van der Waals surface area contributed by atoms with Crippen molar-refractivity contribution in [3.05, 3.63) is 0 Å². The lowest BCUT2D eigenvalue weighted by atomic mass is 9.77. The zero-order valence-corrected chi connectivity index (χ0v) is 15.0. The van der Waals surface area contributed by atoms with E-state index in [-0.39, 0.29) is 0 Å². The highest BCUT2D eigenvalue weighted by Gasteiger charge is 2.21. The second-order valence-electron chi connectivity index (χ2n) is 8.25. The molecule has 0 spiro atoms. The van der Waals surface area contributed by atoms with Crippen molar-refractivity contribution < 1.29 is 0 Å². The van der Waals surface area contributed by atoms with Gasteiger partial charge >= 0.3 is 0 Å². The minimum Gasteiger partial charge on any atom is -0.328 e. The Morgan fingerprint density at radius 1 is 0.364 bits per heavy atom. The summed E-state index contributed by atoms with van der Waals surface area (Å²) in [6.07, 6.45) is 26.2. The smallest absolute Gasteiger partial charge is 0.00388 e. The molecule has 130 valence electrons. The van der Waals surface area contributed by atoms with Crippen LogP contribution in [-0.4, -0.2) is 6.04 Å². The highest BCUT2D eigenvalue weighted by molar-refractivity contribution is 4.74. The van der Waals surface area contributed by atoms with Gasteiger partial charge in [-0.05, 0) is 24.7 Å². The topological polar surface area (TPSA) is 26.0 Å². The Kier molecular flexibility index (Phi) is 9.56. The van der Waals surface area contributed by atoms with Crippen LogP contribution < -0.4 is 5.73 Å². The summed E-state index contributed by atoms with van der Waals surface area (Å²) in [5.74, 6) is 2.08. The lowest BCUT2D eigenvalue weighted by Crippen LogP contribution is -2.19. The van der Waals surface area contributed by atoms with Gasteiger partial charge in [-0.3, -0.25) is 0 Å². The van der Waals surface area contributed by atoms with Crippen molar-refractivity contribution in [2.75, 3.05) is 0 Å². The van der Waals surface area contributed by atoms with Gasteiger partial charge in [0.15, 0.2) is 0 Å². The van der Waals surface area contributed by atoms with Gasteiger partial charge in [0.25, 0.3) is 0 Å². The van der Waals surface area contributed by atoms with Crippen molar-refractivity contribution in [3.63, 3.8) is 0 Å². The summed E-state index contributed by atoms with van der Waals surface area (Å²) < 4.78 is 0. The second-order valence-corrected chi connectivity index (χ2v) is 8.25. The Balaban J connectivity index is 1.83. The first-order valence-corrected chi connectivity index (χ1v) is 10.6. The molecule has 2 saturated carbocycles. The van der Waals surface area contributed by atoms with Crippen LogP contribution in [0.4, 0.5) is 0 Å². The molecule has 2 N–H and O–H groups in total. The van der Waals surface area contributed by atoms with Crippen LogP contribution in [0.15, 0.2) is 0 Å². The number of hydrogen-bond donors (Lipinski definition) is 1. The molecule has 2 atom stereocenters. The zero-order chi connectivity index (χ0) is 15.5. The van der Waals surface area contributed by atoms with E-state index in [1.54, 1.807) is 0 Å². The molecule has 1 heteroatoms. The van der Waals surface area contributed by atoms with Gasteiger partial charge in [0.1, 0.15) is 0 Å². The average Bonchev–Trinajstić information content (AvgIpc) is 2.58. The van der Waals surface area contributed by atoms with Crippen molar-refractivity contribution in [1.82, 2.24) is 0 Å². The molecule has 0 bridgehead atoms. The fraction of sp³-hybridized carbons (Fsp3) is 1.00. The third kappa shape index (κ3) is 7.49. The molecular formula is C21H41N. The van der Waals surface area contributed by atoms with Gasteiger partial charge in [-0.1, -0.05) is 103 Å². The van der Waals surface area contributed by atoms with Crippen LogP contribution >= 0.6 is 0 Å². The molecule has 0 saturated heterocycles. The third-order valence-corrected chi connectivity index (χ3v) is 6.37. The van der Waals surface area contributed by atoms with E-state index < -0.39 is 0 Å². The maximum atomic E-state index is 6.22. The Labute approximate surface area is 139 Å². The highest BCUT2D eigenvalue weighted by atomic mass is 14.6. The number of rotatable bonds is 1. The molecule has 2 rings (SSSR count). The van der Waals surface area contributed by atoms with Crippen LogP contribution in [0.3, 0.4) is 0 Å². The van der Waals surface area contributed by atoms with Crippen molar-refractivity contribution in [1.29, 1.82) is 0 Å². The largest absolute Gasteiger partial charge is 0.328 e. The Morgan fingerprint density at radius 2 is 0.636 bits per heavy atom. The van der Waals surface area contributed by atoms with Gasteiger partial charge < -0.3 is 5.73 Å². The van der Waals surface area contributed by atoms with Crippen LogP contribution in [0, 0.1) is 11.8 Å². The molecule has 2 unspecified atom stereocenters. The summed E-state index contributed by atoms with van der Waals surface area (Å²) >= 11 is 0. The maximum Gasteiger partial charge on any atom is 0.00388 e. The van der Waals surface area contributed by atoms with Crippen LogP contribution in [0.2, 0.25) is 0 Å². The first-order valence-electron chi connectivity index (χ1n) is 10.6. The lowest BCUT2D eigenvalue weighted by Gasteiger charge is -2.28. The second kappa shape index (κ2) is 11.5. The van der Waals surface area contributed by atoms with Gasteiger partial charge in [0.05, 0.1) is 0 Å². The zero-order valence-electron chi connectivity index (χ0n) is 15.0. The molecule has 0 heterocycles. The summed E-state index contributed by atoms with van der Waals surface area (Å²) in [7, 11) is 0. The molecule has 2 aliphatic rings. The van der Waals surface area contributed by atoms with Crippen LogP contribution in [0.25, 0.3) is 0 Å². The summed E-state index contributed by atoms with van der Waals surface area (Å²) in [6, 6.07) is 0.491. The fourth-order valence-corrected chi connectivity index (χ4v) is 4.88. The minimum atomic E-state index is 0.491. The van der Waals surface area contributed by atoms with Crippen LogP contribution in [0.5, 0.6) is 0 Å². The van der Waals surface area contributed by atoms with Crippen molar-refractivity contribution in [3.8, 4) is 0 Å². The summed E-state index contributed by atoms with van der Waals surface area (Å²) in [5.41, 5.74) is 6.22. The predicted molar refractivity (Wildman–Crippen MR) is 98.1 cm³/mol. The fourth-order valence-electron chi connectivity index (χ4n) is 4.88. The Hall–Kier alpha value is -0.0400. The lowest BCUT2D eigenvalue weighted by molar-refractivity contribution is 0.235. The molecule has 2 aliphatic carbocycles. The Morgan fingerprint density at radius 3 is 1.14 bits per heavy atom. The monoisotopic (exact) mass is 307 g/mol. The van der Waals surface area contributed by atoms with E-state index in [9.17, 15) is 0 Å². The summed E-state index contributed by atoms with van der Waals surface area (Å²) in [6.45, 7) is 0. The Bertz CT molecular complexity index is 253. The summed E-state index contributed by atoms with van der Waals surface area (Å²) in [5, 5.41) is 0. The van der Waals surface area contributed by atoms with E-state index in [0.29, 0.717) is 6.04 Å². The van der Waals surface area contributed by atoms with E-state index in [1.807, 2.05) is 0 Å². The van der Waals surface area contributed by atoms with Gasteiger partial charge in [-0.2, -0.15) is 0 Å². The van der Waals surface area contributed by atoms with Crippen LogP contribution in [0.1, 0.15) is 116 Å². The van der Waals surface area contributed by atoms with E-state index in [2.05, 4.69) is 0 Å². The molecule has 2 fully saturated rings. The minimum absolute atomic E-state index is 0.491. The maximum absolute atomic E-state index is 6.22. The molecule has 0 amide bonds. The van der Waals surface area contributed by atoms with Crippen molar-refractivity contribution >= 4 is 0 Å². The highest BCUT2D eigenvalue weighted by Crippen LogP contribution is 2.34. The molecule has 0 radical (unpaired) electrons. The summed E-state index contributed by atoms with van der Waals surface area (Å²) in [4.78, 5) is 0. The quantitative estimate of drug-likeness (QED) is 0.580. The number of hydrogen-bond acceptors (Lipinski definition) is 1. The SMILES string of the molecule is NC1CCCCCC(C2CCCCCCCCC2)CCCC1. The van der Waals surface area contributed by atoms with E-state index in [1.165, 1.54) is 116 Å². The normalized spacial score (nSPS) is 32.0. The van der Waals surface area contributed by atoms with E-state index >= 15 is 0 Å². The standard InChI is InChI=1S/C21H41N/c22-21-17-10-6-9-15-20(16-11-12-18-21)19-13-7-4-2-1-3-5-8-14-19/h19-21H,1-18,22H2. The van der Waals surface area contributed by atoms with Gasteiger partial charge in [-0.15, -0.1) is 0 Å². The number of nitrogens with two attached hydrogens (primary N) is 1. The molecule has 1 nitrogen and oxygen atoms in total. The first-order chi connectivity index (χ1) is 10.9. The molecule has 22 heavy (non-hydrogen) atoms. The molecule has 0 aromatic heterocycles. The average molecular weight is 308 g/mol. The predicted octanol–water partition coefficient (Wildman–Crippen LogP) is 6.60. The van der Waals surface area contributed by atoms with Gasteiger partial charge in [0.2, 0.25) is 0 Å². The molecule has 0 aliphatic heterocycles. The van der Waals surface area contributed by atoms with Crippen LogP contribution in [-0.2, 0) is 0 Å². The van der Waals surface area contributed by atoms with Gasteiger partial charge in [-0.25, -0.2) is 0 Å². The van der Waals surface area contributed by atoms with E-state index in [0.717, 1.165) is 11.8 Å². The molecular weight excluding hydrogens is 266 g/mol. The molecule has 0 aromatic rings. The van der Waals surface area contributed by atoms with Crippen molar-refractivity contribution in [2.45, 2.75) is 122 Å². The van der Waals surface area contributed by atoms with E-state index in [4.69, 9.17) is 5.73 Å². The van der Waals surface area contributed by atoms with Crippen molar-refractivity contribution in [2.24, 2.45) is 17.6 Å². The third-order valence-electron chi connectivity index (χ3n) is 6.37. The first kappa shape index (κ1) is 18.3.